The van der Waals surface area contributed by atoms with E-state index in [-0.39, 0.29) is 5.91 Å². The van der Waals surface area contributed by atoms with Gasteiger partial charge in [-0.05, 0) is 19.4 Å². The summed E-state index contributed by atoms with van der Waals surface area (Å²) in [6.45, 7) is 7.80. The van der Waals surface area contributed by atoms with Gasteiger partial charge in [-0.1, -0.05) is 30.3 Å². The van der Waals surface area contributed by atoms with Crippen molar-refractivity contribution in [1.82, 2.24) is 9.80 Å². The third-order valence-corrected chi connectivity index (χ3v) is 3.78. The van der Waals surface area contributed by atoms with E-state index in [9.17, 15) is 4.79 Å². The Morgan fingerprint density at radius 2 is 1.68 bits per heavy atom. The maximum absolute atomic E-state index is 12.4. The molecule has 0 spiro atoms. The lowest BCUT2D eigenvalue weighted by Gasteiger charge is -2.37. The van der Waals surface area contributed by atoms with Gasteiger partial charge < -0.3 is 10.6 Å². The van der Waals surface area contributed by atoms with Crippen LogP contribution in [-0.2, 0) is 4.79 Å². The molecule has 4 nitrogen and oxygen atoms in total. The molecule has 1 saturated heterocycles. The first-order valence-corrected chi connectivity index (χ1v) is 6.93. The topological polar surface area (TPSA) is 49.6 Å². The van der Waals surface area contributed by atoms with Gasteiger partial charge in [0.15, 0.2) is 0 Å². The van der Waals surface area contributed by atoms with E-state index < -0.39 is 6.04 Å². The molecule has 4 heteroatoms. The quantitative estimate of drug-likeness (QED) is 0.890. The second-order valence-corrected chi connectivity index (χ2v) is 5.34. The van der Waals surface area contributed by atoms with Crippen molar-refractivity contribution in [3.63, 3.8) is 0 Å². The molecule has 1 amide bonds. The van der Waals surface area contributed by atoms with Crippen LogP contribution in [-0.4, -0.2) is 47.9 Å². The summed E-state index contributed by atoms with van der Waals surface area (Å²) in [7, 11) is 0. The molecule has 19 heavy (non-hydrogen) atoms. The van der Waals surface area contributed by atoms with Crippen LogP contribution in [0.5, 0.6) is 0 Å². The SMILES string of the molecule is CC(C)N1CCN(C(=O)[C@@H](N)c2ccccc2)CC1. The van der Waals surface area contributed by atoms with E-state index in [4.69, 9.17) is 5.73 Å². The molecule has 1 aliphatic heterocycles. The highest BCUT2D eigenvalue weighted by Crippen LogP contribution is 2.15. The van der Waals surface area contributed by atoms with Gasteiger partial charge in [0.05, 0.1) is 0 Å². The molecule has 2 N–H and O–H groups in total. The lowest BCUT2D eigenvalue weighted by molar-refractivity contribution is -0.134. The molecule has 1 heterocycles. The van der Waals surface area contributed by atoms with Crippen molar-refractivity contribution >= 4 is 5.91 Å². The predicted octanol–water partition coefficient (Wildman–Crippen LogP) is 1.24. The average Bonchev–Trinajstić information content (AvgIpc) is 2.46. The fraction of sp³-hybridized carbons (Fsp3) is 0.533. The van der Waals surface area contributed by atoms with Gasteiger partial charge in [0, 0.05) is 32.2 Å². The zero-order chi connectivity index (χ0) is 13.8. The molecule has 0 radical (unpaired) electrons. The summed E-state index contributed by atoms with van der Waals surface area (Å²) in [5.74, 6) is 0.0367. The van der Waals surface area contributed by atoms with Gasteiger partial charge in [-0.15, -0.1) is 0 Å². The normalized spacial score (nSPS) is 18.6. The van der Waals surface area contributed by atoms with Crippen molar-refractivity contribution in [2.75, 3.05) is 26.2 Å². The smallest absolute Gasteiger partial charge is 0.244 e. The van der Waals surface area contributed by atoms with E-state index >= 15 is 0 Å². The maximum atomic E-state index is 12.4. The molecule has 104 valence electrons. The number of carbonyl (C=O) groups is 1. The molecular formula is C15H23N3O. The summed E-state index contributed by atoms with van der Waals surface area (Å²) in [5.41, 5.74) is 6.95. The summed E-state index contributed by atoms with van der Waals surface area (Å²) in [4.78, 5) is 16.6. The Hall–Kier alpha value is -1.39. The minimum atomic E-state index is -0.535. The van der Waals surface area contributed by atoms with E-state index in [0.717, 1.165) is 31.7 Å². The highest BCUT2D eigenvalue weighted by Gasteiger charge is 2.26. The van der Waals surface area contributed by atoms with E-state index in [1.807, 2.05) is 35.2 Å². The van der Waals surface area contributed by atoms with Crippen LogP contribution in [0.15, 0.2) is 30.3 Å². The van der Waals surface area contributed by atoms with Crippen LogP contribution in [0.2, 0.25) is 0 Å². The molecule has 0 saturated carbocycles. The largest absolute Gasteiger partial charge is 0.338 e. The first-order chi connectivity index (χ1) is 9.09. The standard InChI is InChI=1S/C15H23N3O/c1-12(2)17-8-10-18(11-9-17)15(19)14(16)13-6-4-3-5-7-13/h3-7,12,14H,8-11,16H2,1-2H3/t14-/m0/s1. The molecule has 1 fully saturated rings. The Bertz CT molecular complexity index is 411. The Balaban J connectivity index is 1.94. The summed E-state index contributed by atoms with van der Waals surface area (Å²) in [6, 6.07) is 9.59. The van der Waals surface area contributed by atoms with Crippen LogP contribution < -0.4 is 5.73 Å². The molecule has 2 rings (SSSR count). The molecule has 1 aromatic carbocycles. The number of hydrogen-bond acceptors (Lipinski definition) is 3. The molecule has 0 unspecified atom stereocenters. The van der Waals surface area contributed by atoms with Crippen LogP contribution >= 0.6 is 0 Å². The van der Waals surface area contributed by atoms with Crippen LogP contribution in [0.4, 0.5) is 0 Å². The Morgan fingerprint density at radius 3 is 2.21 bits per heavy atom. The lowest BCUT2D eigenvalue weighted by Crippen LogP contribution is -2.52. The van der Waals surface area contributed by atoms with Gasteiger partial charge in [0.25, 0.3) is 0 Å². The molecule has 0 aliphatic carbocycles. The number of nitrogens with two attached hydrogens (primary N) is 1. The number of benzene rings is 1. The predicted molar refractivity (Wildman–Crippen MR) is 76.7 cm³/mol. The second kappa shape index (κ2) is 6.17. The average molecular weight is 261 g/mol. The molecule has 1 atom stereocenters. The third-order valence-electron chi connectivity index (χ3n) is 3.78. The van der Waals surface area contributed by atoms with Crippen molar-refractivity contribution in [3.8, 4) is 0 Å². The fourth-order valence-electron chi connectivity index (χ4n) is 2.46. The second-order valence-electron chi connectivity index (χ2n) is 5.34. The molecule has 1 aromatic rings. The van der Waals surface area contributed by atoms with Crippen molar-refractivity contribution in [2.45, 2.75) is 25.9 Å². The van der Waals surface area contributed by atoms with Gasteiger partial charge >= 0.3 is 0 Å². The highest BCUT2D eigenvalue weighted by atomic mass is 16.2. The van der Waals surface area contributed by atoms with E-state index in [1.165, 1.54) is 0 Å². The van der Waals surface area contributed by atoms with Crippen molar-refractivity contribution in [2.24, 2.45) is 5.73 Å². The van der Waals surface area contributed by atoms with Gasteiger partial charge in [0.1, 0.15) is 6.04 Å². The summed E-state index contributed by atoms with van der Waals surface area (Å²) in [5, 5.41) is 0. The van der Waals surface area contributed by atoms with Gasteiger partial charge in [-0.25, -0.2) is 0 Å². The maximum Gasteiger partial charge on any atom is 0.244 e. The van der Waals surface area contributed by atoms with Crippen LogP contribution in [0.25, 0.3) is 0 Å². The number of nitrogens with zero attached hydrogens (tertiary/aromatic N) is 2. The van der Waals surface area contributed by atoms with Crippen molar-refractivity contribution in [3.05, 3.63) is 35.9 Å². The summed E-state index contributed by atoms with van der Waals surface area (Å²) in [6.07, 6.45) is 0. The number of carbonyl (C=O) groups excluding carboxylic acids is 1. The van der Waals surface area contributed by atoms with Crippen molar-refractivity contribution < 1.29 is 4.79 Å². The summed E-state index contributed by atoms with van der Waals surface area (Å²) >= 11 is 0. The van der Waals surface area contributed by atoms with E-state index in [1.54, 1.807) is 0 Å². The zero-order valence-electron chi connectivity index (χ0n) is 11.7. The lowest BCUT2D eigenvalue weighted by atomic mass is 10.1. The fourth-order valence-corrected chi connectivity index (χ4v) is 2.46. The van der Waals surface area contributed by atoms with Crippen LogP contribution in [0, 0.1) is 0 Å². The third kappa shape index (κ3) is 3.33. The van der Waals surface area contributed by atoms with Crippen LogP contribution in [0.3, 0.4) is 0 Å². The zero-order valence-corrected chi connectivity index (χ0v) is 11.7. The Kier molecular flexibility index (Phi) is 4.56. The molecule has 1 aliphatic rings. The minimum absolute atomic E-state index is 0.0367. The first kappa shape index (κ1) is 14.0. The van der Waals surface area contributed by atoms with E-state index in [2.05, 4.69) is 18.7 Å². The summed E-state index contributed by atoms with van der Waals surface area (Å²) < 4.78 is 0. The number of hydrogen-bond donors (Lipinski definition) is 1. The van der Waals surface area contributed by atoms with Gasteiger partial charge in [-0.2, -0.15) is 0 Å². The highest BCUT2D eigenvalue weighted by molar-refractivity contribution is 5.83. The number of rotatable bonds is 3. The van der Waals surface area contributed by atoms with Crippen LogP contribution in [0.1, 0.15) is 25.5 Å². The minimum Gasteiger partial charge on any atom is -0.338 e. The Morgan fingerprint density at radius 1 is 1.11 bits per heavy atom. The first-order valence-electron chi connectivity index (χ1n) is 6.93. The van der Waals surface area contributed by atoms with Gasteiger partial charge in [0.2, 0.25) is 5.91 Å². The monoisotopic (exact) mass is 261 g/mol. The number of amides is 1. The number of piperazine rings is 1. The Labute approximate surface area is 115 Å². The van der Waals surface area contributed by atoms with Crippen molar-refractivity contribution in [1.29, 1.82) is 0 Å². The van der Waals surface area contributed by atoms with E-state index in [0.29, 0.717) is 6.04 Å². The molecule has 0 aromatic heterocycles. The van der Waals surface area contributed by atoms with Gasteiger partial charge in [-0.3, -0.25) is 9.69 Å². The molecular weight excluding hydrogens is 238 g/mol. The molecule has 0 bridgehead atoms.